The van der Waals surface area contributed by atoms with Gasteiger partial charge in [-0.15, -0.1) is 0 Å². The maximum absolute atomic E-state index is 12.9. The van der Waals surface area contributed by atoms with Gasteiger partial charge in [-0.1, -0.05) is 23.8 Å². The van der Waals surface area contributed by atoms with E-state index in [1.807, 2.05) is 45.9 Å². The molecular formula is C21H26N2O3S. The molecule has 1 N–H and O–H groups in total. The fraction of sp³-hybridized carbons (Fsp3) is 0.381. The van der Waals surface area contributed by atoms with Gasteiger partial charge < -0.3 is 4.90 Å². The first-order valence-electron chi connectivity index (χ1n) is 9.19. The third kappa shape index (κ3) is 4.06. The van der Waals surface area contributed by atoms with Gasteiger partial charge >= 0.3 is 0 Å². The van der Waals surface area contributed by atoms with Crippen molar-refractivity contribution >= 4 is 21.6 Å². The molecule has 0 aromatic heterocycles. The number of rotatable bonds is 5. The van der Waals surface area contributed by atoms with E-state index < -0.39 is 10.0 Å². The summed E-state index contributed by atoms with van der Waals surface area (Å²) < 4.78 is 28.5. The second kappa shape index (κ2) is 7.44. The first-order chi connectivity index (χ1) is 12.7. The van der Waals surface area contributed by atoms with E-state index in [1.54, 1.807) is 23.1 Å². The molecule has 1 fully saturated rings. The van der Waals surface area contributed by atoms with Gasteiger partial charge in [-0.2, -0.15) is 0 Å². The molecule has 0 saturated carbocycles. The van der Waals surface area contributed by atoms with Gasteiger partial charge in [0.05, 0.1) is 4.90 Å². The molecule has 1 aliphatic heterocycles. The molecule has 2 aromatic rings. The van der Waals surface area contributed by atoms with Crippen molar-refractivity contribution < 1.29 is 13.2 Å². The smallest absolute Gasteiger partial charge is 0.241 e. The molecule has 5 nitrogen and oxygen atoms in total. The number of hydrogen-bond acceptors (Lipinski definition) is 3. The summed E-state index contributed by atoms with van der Waals surface area (Å²) in [6.07, 6.45) is 1.39. The first kappa shape index (κ1) is 19.6. The zero-order chi connectivity index (χ0) is 19.8. The summed E-state index contributed by atoms with van der Waals surface area (Å²) in [5, 5.41) is 0. The normalized spacial score (nSPS) is 16.0. The highest BCUT2D eigenvalue weighted by Crippen LogP contribution is 2.28. The average Bonchev–Trinajstić information content (AvgIpc) is 3.02. The molecule has 1 amide bonds. The van der Waals surface area contributed by atoms with Gasteiger partial charge in [0.1, 0.15) is 0 Å². The minimum atomic E-state index is -3.67. The Morgan fingerprint density at radius 2 is 1.78 bits per heavy atom. The predicted molar refractivity (Wildman–Crippen MR) is 107 cm³/mol. The van der Waals surface area contributed by atoms with E-state index >= 15 is 0 Å². The number of anilines is 1. The number of hydrogen-bond donors (Lipinski definition) is 1. The fourth-order valence-electron chi connectivity index (χ4n) is 3.59. The quantitative estimate of drug-likeness (QED) is 0.850. The minimum Gasteiger partial charge on any atom is -0.312 e. The summed E-state index contributed by atoms with van der Waals surface area (Å²) in [7, 11) is -3.67. The topological polar surface area (TPSA) is 66.5 Å². The van der Waals surface area contributed by atoms with Crippen molar-refractivity contribution in [3.63, 3.8) is 0 Å². The van der Waals surface area contributed by atoms with Gasteiger partial charge in [0.2, 0.25) is 15.9 Å². The molecule has 1 aliphatic rings. The lowest BCUT2D eigenvalue weighted by molar-refractivity contribution is -0.117. The number of nitrogens with zero attached hydrogens (tertiary/aromatic N) is 1. The maximum atomic E-state index is 12.9. The highest BCUT2D eigenvalue weighted by atomic mass is 32.2. The molecule has 0 radical (unpaired) electrons. The highest BCUT2D eigenvalue weighted by Gasteiger charge is 2.25. The van der Waals surface area contributed by atoms with E-state index in [1.165, 1.54) is 0 Å². The zero-order valence-electron chi connectivity index (χ0n) is 16.2. The van der Waals surface area contributed by atoms with Gasteiger partial charge in [-0.3, -0.25) is 4.79 Å². The Bertz CT molecular complexity index is 983. The molecule has 0 aliphatic carbocycles. The van der Waals surface area contributed by atoms with E-state index in [9.17, 15) is 13.2 Å². The van der Waals surface area contributed by atoms with E-state index in [0.29, 0.717) is 13.0 Å². The van der Waals surface area contributed by atoms with Gasteiger partial charge in [0, 0.05) is 24.7 Å². The van der Waals surface area contributed by atoms with Crippen molar-refractivity contribution in [1.29, 1.82) is 0 Å². The van der Waals surface area contributed by atoms with Crippen LogP contribution < -0.4 is 9.62 Å². The highest BCUT2D eigenvalue weighted by molar-refractivity contribution is 7.89. The van der Waals surface area contributed by atoms with Crippen molar-refractivity contribution in [3.05, 3.63) is 58.7 Å². The van der Waals surface area contributed by atoms with E-state index in [0.717, 1.165) is 34.4 Å². The number of carbonyl (C=O) groups is 1. The summed E-state index contributed by atoms with van der Waals surface area (Å²) in [4.78, 5) is 13.9. The Morgan fingerprint density at radius 1 is 1.04 bits per heavy atom. The van der Waals surface area contributed by atoms with Crippen LogP contribution in [0.2, 0.25) is 0 Å². The monoisotopic (exact) mass is 386 g/mol. The van der Waals surface area contributed by atoms with Crippen LogP contribution in [0.15, 0.2) is 41.3 Å². The molecular weight excluding hydrogens is 360 g/mol. The number of carbonyl (C=O) groups excluding carboxylic acids is 1. The van der Waals surface area contributed by atoms with Gasteiger partial charge in [0.25, 0.3) is 0 Å². The Labute approximate surface area is 161 Å². The van der Waals surface area contributed by atoms with Crippen LogP contribution >= 0.6 is 0 Å². The maximum Gasteiger partial charge on any atom is 0.241 e. The van der Waals surface area contributed by atoms with Crippen LogP contribution in [0.25, 0.3) is 0 Å². The molecule has 144 valence electrons. The van der Waals surface area contributed by atoms with Gasteiger partial charge in [-0.05, 0) is 69.0 Å². The van der Waals surface area contributed by atoms with Crippen LogP contribution in [0.3, 0.4) is 0 Å². The number of amides is 1. The molecule has 0 unspecified atom stereocenters. The van der Waals surface area contributed by atoms with Crippen LogP contribution in [-0.4, -0.2) is 20.9 Å². The Hall–Kier alpha value is -2.18. The van der Waals surface area contributed by atoms with Gasteiger partial charge in [0.15, 0.2) is 0 Å². The molecule has 0 bridgehead atoms. The standard InChI is InChI=1S/C21H26N2O3S/c1-14-7-8-15(2)19(12-14)17(4)22-27(25,26)18-9-10-20(16(3)13-18)23-11-5-6-21(23)24/h7-10,12-13,17,22H,5-6,11H2,1-4H3/t17-/m1/s1. The average molecular weight is 387 g/mol. The van der Waals surface area contributed by atoms with Crippen LogP contribution in [0.5, 0.6) is 0 Å². The van der Waals surface area contributed by atoms with Crippen LogP contribution in [0.4, 0.5) is 5.69 Å². The number of nitrogens with one attached hydrogen (secondary N) is 1. The minimum absolute atomic E-state index is 0.0929. The predicted octanol–water partition coefficient (Wildman–Crippen LogP) is 3.78. The second-order valence-electron chi connectivity index (χ2n) is 7.30. The van der Waals surface area contributed by atoms with Crippen molar-refractivity contribution in [2.24, 2.45) is 0 Å². The van der Waals surface area contributed by atoms with Gasteiger partial charge in [-0.25, -0.2) is 13.1 Å². The summed E-state index contributed by atoms with van der Waals surface area (Å²) in [6, 6.07) is 10.6. The lowest BCUT2D eigenvalue weighted by Crippen LogP contribution is -2.28. The summed E-state index contributed by atoms with van der Waals surface area (Å²) in [5.74, 6) is 0.0929. The molecule has 0 spiro atoms. The third-order valence-corrected chi connectivity index (χ3v) is 6.61. The van der Waals surface area contributed by atoms with E-state index in [-0.39, 0.29) is 16.8 Å². The number of benzene rings is 2. The van der Waals surface area contributed by atoms with Crippen molar-refractivity contribution in [1.82, 2.24) is 4.72 Å². The molecule has 1 saturated heterocycles. The zero-order valence-corrected chi connectivity index (χ0v) is 17.1. The van der Waals surface area contributed by atoms with Crippen LogP contribution in [0, 0.1) is 20.8 Å². The Balaban J connectivity index is 1.85. The molecule has 3 rings (SSSR count). The molecule has 1 heterocycles. The van der Waals surface area contributed by atoms with Crippen molar-refractivity contribution in [2.45, 2.75) is 51.5 Å². The lowest BCUT2D eigenvalue weighted by atomic mass is 10.0. The van der Waals surface area contributed by atoms with Crippen molar-refractivity contribution in [2.75, 3.05) is 11.4 Å². The van der Waals surface area contributed by atoms with Crippen LogP contribution in [-0.2, 0) is 14.8 Å². The van der Waals surface area contributed by atoms with E-state index in [2.05, 4.69) is 4.72 Å². The Kier molecular flexibility index (Phi) is 5.40. The SMILES string of the molecule is Cc1ccc(C)c([C@@H](C)NS(=O)(=O)c2ccc(N3CCCC3=O)c(C)c2)c1. The van der Waals surface area contributed by atoms with Crippen LogP contribution in [0.1, 0.15) is 48.1 Å². The van der Waals surface area contributed by atoms with Crippen molar-refractivity contribution in [3.8, 4) is 0 Å². The molecule has 6 heteroatoms. The molecule has 1 atom stereocenters. The number of aryl methyl sites for hydroxylation is 3. The summed E-state index contributed by atoms with van der Waals surface area (Å²) in [5.41, 5.74) is 4.69. The third-order valence-electron chi connectivity index (χ3n) is 5.08. The molecule has 2 aromatic carbocycles. The van der Waals surface area contributed by atoms with E-state index in [4.69, 9.17) is 0 Å². The summed E-state index contributed by atoms with van der Waals surface area (Å²) in [6.45, 7) is 8.35. The Morgan fingerprint density at radius 3 is 2.41 bits per heavy atom. The molecule has 27 heavy (non-hydrogen) atoms. The summed E-state index contributed by atoms with van der Waals surface area (Å²) >= 11 is 0. The second-order valence-corrected chi connectivity index (χ2v) is 9.01. The number of sulfonamides is 1. The fourth-order valence-corrected chi connectivity index (χ4v) is 4.90. The lowest BCUT2D eigenvalue weighted by Gasteiger charge is -2.20. The largest absolute Gasteiger partial charge is 0.312 e. The first-order valence-corrected chi connectivity index (χ1v) is 10.7.